The van der Waals surface area contributed by atoms with Crippen LogP contribution in [0.15, 0.2) is 0 Å². The summed E-state index contributed by atoms with van der Waals surface area (Å²) in [5.74, 6) is 0. The molecular formula is C15H31N3. The van der Waals surface area contributed by atoms with Crippen LogP contribution in [0.4, 0.5) is 0 Å². The number of hydrogen-bond donors (Lipinski definition) is 2. The van der Waals surface area contributed by atoms with E-state index >= 15 is 0 Å². The molecule has 2 N–H and O–H groups in total. The molecular weight excluding hydrogens is 222 g/mol. The van der Waals surface area contributed by atoms with E-state index in [-0.39, 0.29) is 0 Å². The molecule has 2 aliphatic rings. The molecule has 0 spiro atoms. The first-order valence-electron chi connectivity index (χ1n) is 7.96. The second-order valence-corrected chi connectivity index (χ2v) is 6.36. The maximum Gasteiger partial charge on any atom is 0.0169 e. The molecule has 18 heavy (non-hydrogen) atoms. The van der Waals surface area contributed by atoms with E-state index in [2.05, 4.69) is 29.4 Å². The highest BCUT2D eigenvalue weighted by Crippen LogP contribution is 2.13. The lowest BCUT2D eigenvalue weighted by Gasteiger charge is -2.29. The first kappa shape index (κ1) is 14.3. The number of likely N-dealkylation sites (tertiary alicyclic amines) is 1. The van der Waals surface area contributed by atoms with Crippen molar-refractivity contribution in [1.29, 1.82) is 0 Å². The second-order valence-electron chi connectivity index (χ2n) is 6.36. The minimum absolute atomic E-state index is 0.627. The molecule has 3 heteroatoms. The van der Waals surface area contributed by atoms with Crippen LogP contribution >= 0.6 is 0 Å². The highest BCUT2D eigenvalue weighted by Gasteiger charge is 2.19. The van der Waals surface area contributed by atoms with Crippen molar-refractivity contribution in [3.05, 3.63) is 0 Å². The minimum atomic E-state index is 0.627. The molecule has 0 aromatic rings. The molecule has 0 aromatic heterocycles. The van der Waals surface area contributed by atoms with Crippen LogP contribution in [0.5, 0.6) is 0 Å². The molecule has 0 saturated carbocycles. The van der Waals surface area contributed by atoms with Crippen molar-refractivity contribution in [2.24, 2.45) is 0 Å². The Morgan fingerprint density at radius 3 is 2.56 bits per heavy atom. The third-order valence-corrected chi connectivity index (χ3v) is 4.35. The van der Waals surface area contributed by atoms with Gasteiger partial charge in [-0.3, -0.25) is 0 Å². The van der Waals surface area contributed by atoms with Crippen LogP contribution in [-0.4, -0.2) is 49.2 Å². The predicted octanol–water partition coefficient (Wildman–Crippen LogP) is 1.98. The third-order valence-electron chi connectivity index (χ3n) is 4.35. The van der Waals surface area contributed by atoms with Gasteiger partial charge in [0.15, 0.2) is 0 Å². The summed E-state index contributed by atoms with van der Waals surface area (Å²) in [7, 11) is 0. The van der Waals surface area contributed by atoms with Crippen LogP contribution in [0.3, 0.4) is 0 Å². The fourth-order valence-electron chi connectivity index (χ4n) is 3.51. The van der Waals surface area contributed by atoms with Gasteiger partial charge < -0.3 is 15.5 Å². The van der Waals surface area contributed by atoms with Crippen LogP contribution in [0.25, 0.3) is 0 Å². The SMILES string of the molecule is CC(CC1CCCCN1)NC(C)CN1CCCC1. The molecule has 2 fully saturated rings. The maximum absolute atomic E-state index is 3.77. The first-order chi connectivity index (χ1) is 8.74. The Morgan fingerprint density at radius 1 is 1.11 bits per heavy atom. The van der Waals surface area contributed by atoms with Gasteiger partial charge in [0, 0.05) is 24.7 Å². The fourth-order valence-corrected chi connectivity index (χ4v) is 3.51. The number of hydrogen-bond acceptors (Lipinski definition) is 3. The van der Waals surface area contributed by atoms with Crippen LogP contribution in [-0.2, 0) is 0 Å². The monoisotopic (exact) mass is 253 g/mol. The summed E-state index contributed by atoms with van der Waals surface area (Å²) >= 11 is 0. The van der Waals surface area contributed by atoms with E-state index in [1.54, 1.807) is 0 Å². The van der Waals surface area contributed by atoms with E-state index in [9.17, 15) is 0 Å². The van der Waals surface area contributed by atoms with Crippen molar-refractivity contribution in [3.63, 3.8) is 0 Å². The summed E-state index contributed by atoms with van der Waals surface area (Å²) in [5, 5.41) is 7.42. The summed E-state index contributed by atoms with van der Waals surface area (Å²) in [6, 6.07) is 2.01. The summed E-state index contributed by atoms with van der Waals surface area (Å²) in [6.45, 7) is 9.75. The number of nitrogens with zero attached hydrogens (tertiary/aromatic N) is 1. The van der Waals surface area contributed by atoms with Gasteiger partial charge in [0.25, 0.3) is 0 Å². The Bertz CT molecular complexity index is 220. The molecule has 0 aromatic carbocycles. The van der Waals surface area contributed by atoms with E-state index in [4.69, 9.17) is 0 Å². The quantitative estimate of drug-likeness (QED) is 0.758. The largest absolute Gasteiger partial charge is 0.314 e. The third kappa shape index (κ3) is 4.87. The van der Waals surface area contributed by atoms with Crippen molar-refractivity contribution in [1.82, 2.24) is 15.5 Å². The molecule has 3 nitrogen and oxygen atoms in total. The van der Waals surface area contributed by atoms with Crippen molar-refractivity contribution in [2.45, 2.75) is 70.5 Å². The Balaban J connectivity index is 1.61. The summed E-state index contributed by atoms with van der Waals surface area (Å²) in [6.07, 6.45) is 8.22. The first-order valence-corrected chi connectivity index (χ1v) is 7.96. The summed E-state index contributed by atoms with van der Waals surface area (Å²) < 4.78 is 0. The van der Waals surface area contributed by atoms with Gasteiger partial charge in [-0.15, -0.1) is 0 Å². The molecule has 0 radical (unpaired) electrons. The van der Waals surface area contributed by atoms with Gasteiger partial charge in [-0.1, -0.05) is 6.42 Å². The summed E-state index contributed by atoms with van der Waals surface area (Å²) in [5.41, 5.74) is 0. The lowest BCUT2D eigenvalue weighted by atomic mass is 9.98. The predicted molar refractivity (Wildman–Crippen MR) is 78.0 cm³/mol. The van der Waals surface area contributed by atoms with E-state index in [1.165, 1.54) is 64.7 Å². The number of rotatable bonds is 6. The molecule has 3 unspecified atom stereocenters. The molecule has 3 atom stereocenters. The Kier molecular flexibility index (Phi) is 5.93. The van der Waals surface area contributed by atoms with Crippen LogP contribution in [0.1, 0.15) is 52.4 Å². The van der Waals surface area contributed by atoms with Gasteiger partial charge in [0.05, 0.1) is 0 Å². The summed E-state index contributed by atoms with van der Waals surface area (Å²) in [4.78, 5) is 2.60. The van der Waals surface area contributed by atoms with Gasteiger partial charge in [0.2, 0.25) is 0 Å². The zero-order valence-corrected chi connectivity index (χ0v) is 12.3. The molecule has 0 amide bonds. The van der Waals surface area contributed by atoms with Crippen LogP contribution in [0, 0.1) is 0 Å². The molecule has 0 bridgehead atoms. The van der Waals surface area contributed by atoms with Gasteiger partial charge in [-0.2, -0.15) is 0 Å². The topological polar surface area (TPSA) is 27.3 Å². The van der Waals surface area contributed by atoms with Gasteiger partial charge in [0.1, 0.15) is 0 Å². The van der Waals surface area contributed by atoms with E-state index in [0.717, 1.165) is 6.04 Å². The molecule has 0 aliphatic carbocycles. The average Bonchev–Trinajstić information content (AvgIpc) is 2.82. The lowest BCUT2D eigenvalue weighted by molar-refractivity contribution is 0.273. The number of nitrogens with one attached hydrogen (secondary N) is 2. The standard InChI is InChI=1S/C15H31N3/c1-13(11-15-7-3-4-8-16-15)17-14(2)12-18-9-5-6-10-18/h13-17H,3-12H2,1-2H3. The molecule has 2 heterocycles. The average molecular weight is 253 g/mol. The zero-order valence-electron chi connectivity index (χ0n) is 12.3. The molecule has 106 valence electrons. The molecule has 2 aliphatic heterocycles. The van der Waals surface area contributed by atoms with E-state index in [1.807, 2.05) is 0 Å². The Labute approximate surface area is 113 Å². The van der Waals surface area contributed by atoms with Crippen molar-refractivity contribution < 1.29 is 0 Å². The van der Waals surface area contributed by atoms with E-state index in [0.29, 0.717) is 12.1 Å². The zero-order chi connectivity index (χ0) is 12.8. The normalized spacial score (nSPS) is 29.3. The number of piperidine rings is 1. The van der Waals surface area contributed by atoms with Crippen LogP contribution in [0.2, 0.25) is 0 Å². The lowest BCUT2D eigenvalue weighted by Crippen LogP contribution is -2.45. The highest BCUT2D eigenvalue weighted by atomic mass is 15.2. The second kappa shape index (κ2) is 7.46. The van der Waals surface area contributed by atoms with Gasteiger partial charge >= 0.3 is 0 Å². The molecule has 2 saturated heterocycles. The minimum Gasteiger partial charge on any atom is -0.314 e. The van der Waals surface area contributed by atoms with Crippen molar-refractivity contribution in [3.8, 4) is 0 Å². The van der Waals surface area contributed by atoms with Crippen LogP contribution < -0.4 is 10.6 Å². The van der Waals surface area contributed by atoms with Gasteiger partial charge in [-0.25, -0.2) is 0 Å². The van der Waals surface area contributed by atoms with E-state index < -0.39 is 0 Å². The molecule has 2 rings (SSSR count). The highest BCUT2D eigenvalue weighted by molar-refractivity contribution is 4.80. The fraction of sp³-hybridized carbons (Fsp3) is 1.00. The Morgan fingerprint density at radius 2 is 1.89 bits per heavy atom. The Hall–Kier alpha value is -0.120. The van der Waals surface area contributed by atoms with Gasteiger partial charge in [-0.05, 0) is 65.6 Å². The van der Waals surface area contributed by atoms with Crippen molar-refractivity contribution in [2.75, 3.05) is 26.2 Å². The maximum atomic E-state index is 3.77. The van der Waals surface area contributed by atoms with Crippen molar-refractivity contribution >= 4 is 0 Å². The smallest absolute Gasteiger partial charge is 0.0169 e.